The van der Waals surface area contributed by atoms with Gasteiger partial charge in [-0.25, -0.2) is 0 Å². The Bertz CT molecular complexity index is 247. The van der Waals surface area contributed by atoms with Gasteiger partial charge in [-0.15, -0.1) is 0 Å². The maximum Gasteiger partial charge on any atom is 0.0691 e. The van der Waals surface area contributed by atoms with Gasteiger partial charge in [-0.2, -0.15) is 5.26 Å². The van der Waals surface area contributed by atoms with Crippen molar-refractivity contribution in [1.29, 1.82) is 10.7 Å². The Morgan fingerprint density at radius 2 is 1.92 bits per heavy atom. The Balaban J connectivity index is 2.86. The molecule has 1 fully saturated rings. The second kappa shape index (κ2) is 2.58. The van der Waals surface area contributed by atoms with Gasteiger partial charge in [0.1, 0.15) is 0 Å². The second-order valence-corrected chi connectivity index (χ2v) is 4.97. The molecule has 1 rings (SSSR count). The molecule has 66 valence electrons. The lowest BCUT2D eigenvalue weighted by Gasteiger charge is -2.38. The summed E-state index contributed by atoms with van der Waals surface area (Å²) >= 11 is 0. The predicted molar refractivity (Wildman–Crippen MR) is 49.1 cm³/mol. The molecule has 0 aromatic rings. The Labute approximate surface area is 74.1 Å². The monoisotopic (exact) mass is 164 g/mol. The van der Waals surface area contributed by atoms with E-state index in [0.29, 0.717) is 6.42 Å². The van der Waals surface area contributed by atoms with Gasteiger partial charge in [0.15, 0.2) is 0 Å². The molecule has 0 saturated heterocycles. The van der Waals surface area contributed by atoms with Gasteiger partial charge in [0, 0.05) is 12.1 Å². The van der Waals surface area contributed by atoms with Gasteiger partial charge in [0.25, 0.3) is 0 Å². The second-order valence-electron chi connectivity index (χ2n) is 4.97. The van der Waals surface area contributed by atoms with Crippen LogP contribution in [0.25, 0.3) is 0 Å². The molecular weight excluding hydrogens is 148 g/mol. The van der Waals surface area contributed by atoms with Crippen LogP contribution in [-0.4, -0.2) is 5.71 Å². The van der Waals surface area contributed by atoms with Crippen LogP contribution in [0.2, 0.25) is 0 Å². The maximum absolute atomic E-state index is 8.95. The fraction of sp³-hybridized carbons (Fsp3) is 0.800. The fourth-order valence-electron chi connectivity index (χ4n) is 2.37. The number of nitrogens with zero attached hydrogens (tertiary/aromatic N) is 1. The summed E-state index contributed by atoms with van der Waals surface area (Å²) in [6, 6.07) is 2.33. The number of hydrogen-bond acceptors (Lipinski definition) is 2. The van der Waals surface area contributed by atoms with Crippen molar-refractivity contribution in [1.82, 2.24) is 0 Å². The summed E-state index contributed by atoms with van der Waals surface area (Å²) in [5.41, 5.74) is 0.578. The van der Waals surface area contributed by atoms with Crippen LogP contribution in [-0.2, 0) is 0 Å². The minimum absolute atomic E-state index is 0.139. The number of nitrogens with one attached hydrogen (secondary N) is 1. The SMILES string of the molecule is CC1(C)CC(=N)CC(C)(C#N)C1. The topological polar surface area (TPSA) is 47.6 Å². The molecule has 2 nitrogen and oxygen atoms in total. The lowest BCUT2D eigenvalue weighted by Crippen LogP contribution is -2.34. The first-order valence-electron chi connectivity index (χ1n) is 4.34. The molecule has 1 aliphatic carbocycles. The highest BCUT2D eigenvalue weighted by Crippen LogP contribution is 2.43. The Morgan fingerprint density at radius 1 is 1.33 bits per heavy atom. The normalized spacial score (nSPS) is 34.3. The summed E-state index contributed by atoms with van der Waals surface area (Å²) in [5, 5.41) is 16.6. The van der Waals surface area contributed by atoms with E-state index >= 15 is 0 Å². The van der Waals surface area contributed by atoms with E-state index in [1.54, 1.807) is 0 Å². The Kier molecular flexibility index (Phi) is 1.99. The minimum Gasteiger partial charge on any atom is -0.310 e. The van der Waals surface area contributed by atoms with E-state index in [-0.39, 0.29) is 10.8 Å². The number of nitriles is 1. The van der Waals surface area contributed by atoms with Crippen LogP contribution in [0.4, 0.5) is 0 Å². The van der Waals surface area contributed by atoms with Crippen molar-refractivity contribution >= 4 is 5.71 Å². The summed E-state index contributed by atoms with van der Waals surface area (Å²) in [4.78, 5) is 0. The molecule has 1 aliphatic rings. The first kappa shape index (κ1) is 9.25. The van der Waals surface area contributed by atoms with Gasteiger partial charge in [-0.05, 0) is 25.2 Å². The molecular formula is C10H16N2. The summed E-state index contributed by atoms with van der Waals surface area (Å²) in [5.74, 6) is 0. The molecule has 1 atom stereocenters. The maximum atomic E-state index is 8.95. The average molecular weight is 164 g/mol. The van der Waals surface area contributed by atoms with E-state index in [4.69, 9.17) is 10.7 Å². The molecule has 12 heavy (non-hydrogen) atoms. The van der Waals surface area contributed by atoms with E-state index in [2.05, 4.69) is 19.9 Å². The summed E-state index contributed by atoms with van der Waals surface area (Å²) in [6.07, 6.45) is 2.43. The molecule has 0 bridgehead atoms. The van der Waals surface area contributed by atoms with Gasteiger partial charge in [-0.3, -0.25) is 0 Å². The third kappa shape index (κ3) is 1.85. The zero-order valence-corrected chi connectivity index (χ0v) is 8.07. The van der Waals surface area contributed by atoms with E-state index in [0.717, 1.165) is 18.6 Å². The molecule has 0 amide bonds. The number of rotatable bonds is 0. The van der Waals surface area contributed by atoms with Crippen LogP contribution in [0, 0.1) is 27.6 Å². The van der Waals surface area contributed by atoms with Gasteiger partial charge in [-0.1, -0.05) is 13.8 Å². The summed E-state index contributed by atoms with van der Waals surface area (Å²) < 4.78 is 0. The number of hydrogen-bond donors (Lipinski definition) is 1. The van der Waals surface area contributed by atoms with Gasteiger partial charge < -0.3 is 5.41 Å². The van der Waals surface area contributed by atoms with Crippen LogP contribution >= 0.6 is 0 Å². The molecule has 0 aliphatic heterocycles. The molecule has 1 unspecified atom stereocenters. The van der Waals surface area contributed by atoms with Crippen molar-refractivity contribution in [2.24, 2.45) is 10.8 Å². The summed E-state index contributed by atoms with van der Waals surface area (Å²) in [6.45, 7) is 6.23. The van der Waals surface area contributed by atoms with Crippen molar-refractivity contribution in [2.75, 3.05) is 0 Å². The highest BCUT2D eigenvalue weighted by Gasteiger charge is 2.39. The fourth-order valence-corrected chi connectivity index (χ4v) is 2.37. The predicted octanol–water partition coefficient (Wildman–Crippen LogP) is 2.75. The standard InChI is InChI=1S/C10H16N2/c1-9(2)4-8(12)5-10(3,6-9)7-11/h12H,4-6H2,1-3H3. The quantitative estimate of drug-likeness (QED) is 0.588. The van der Waals surface area contributed by atoms with E-state index in [9.17, 15) is 0 Å². The van der Waals surface area contributed by atoms with Crippen molar-refractivity contribution < 1.29 is 0 Å². The Morgan fingerprint density at radius 3 is 2.33 bits per heavy atom. The smallest absolute Gasteiger partial charge is 0.0691 e. The van der Waals surface area contributed by atoms with Crippen LogP contribution in [0.1, 0.15) is 40.0 Å². The zero-order valence-electron chi connectivity index (χ0n) is 8.07. The van der Waals surface area contributed by atoms with E-state index in [1.165, 1.54) is 0 Å². The van der Waals surface area contributed by atoms with Crippen molar-refractivity contribution in [2.45, 2.75) is 40.0 Å². The van der Waals surface area contributed by atoms with Crippen molar-refractivity contribution in [3.05, 3.63) is 0 Å². The highest BCUT2D eigenvalue weighted by molar-refractivity contribution is 5.83. The van der Waals surface area contributed by atoms with Crippen LogP contribution in [0.3, 0.4) is 0 Å². The third-order valence-electron chi connectivity index (χ3n) is 2.43. The molecule has 0 heterocycles. The zero-order chi connectivity index (χ0) is 9.41. The third-order valence-corrected chi connectivity index (χ3v) is 2.43. The van der Waals surface area contributed by atoms with Crippen LogP contribution < -0.4 is 0 Å². The Hall–Kier alpha value is -0.840. The van der Waals surface area contributed by atoms with E-state index in [1.807, 2.05) is 6.92 Å². The molecule has 0 aromatic carbocycles. The van der Waals surface area contributed by atoms with Crippen LogP contribution in [0.5, 0.6) is 0 Å². The summed E-state index contributed by atoms with van der Waals surface area (Å²) in [7, 11) is 0. The molecule has 0 aromatic heterocycles. The average Bonchev–Trinajstić information content (AvgIpc) is 1.82. The minimum atomic E-state index is -0.293. The van der Waals surface area contributed by atoms with E-state index < -0.39 is 0 Å². The van der Waals surface area contributed by atoms with Gasteiger partial charge in [0.05, 0.1) is 11.5 Å². The van der Waals surface area contributed by atoms with Gasteiger partial charge in [0.2, 0.25) is 0 Å². The largest absolute Gasteiger partial charge is 0.310 e. The lowest BCUT2D eigenvalue weighted by atomic mass is 9.64. The highest BCUT2D eigenvalue weighted by atomic mass is 14.5. The van der Waals surface area contributed by atoms with Crippen LogP contribution in [0.15, 0.2) is 0 Å². The molecule has 1 N–H and O–H groups in total. The first-order chi connectivity index (χ1) is 5.37. The van der Waals surface area contributed by atoms with Crippen molar-refractivity contribution in [3.63, 3.8) is 0 Å². The lowest BCUT2D eigenvalue weighted by molar-refractivity contribution is 0.214. The van der Waals surface area contributed by atoms with Gasteiger partial charge >= 0.3 is 0 Å². The molecule has 2 heteroatoms. The first-order valence-corrected chi connectivity index (χ1v) is 4.34. The molecule has 1 saturated carbocycles. The van der Waals surface area contributed by atoms with Crippen molar-refractivity contribution in [3.8, 4) is 6.07 Å². The molecule has 0 spiro atoms. The molecule has 0 radical (unpaired) electrons.